The molecule has 138 valence electrons. The Kier molecular flexibility index (Phi) is 10.7. The van der Waals surface area contributed by atoms with Gasteiger partial charge in [-0.25, -0.2) is 4.98 Å². The summed E-state index contributed by atoms with van der Waals surface area (Å²) in [4.78, 5) is 12.7. The lowest BCUT2D eigenvalue weighted by Crippen LogP contribution is -2.39. The number of hydrogen-bond donors (Lipinski definition) is 2. The van der Waals surface area contributed by atoms with E-state index in [0.717, 1.165) is 44.1 Å². The minimum Gasteiger partial charge on any atom is -0.356 e. The van der Waals surface area contributed by atoms with E-state index in [1.807, 2.05) is 7.05 Å². The van der Waals surface area contributed by atoms with Crippen molar-refractivity contribution < 1.29 is 0 Å². The maximum absolute atomic E-state index is 4.58. The number of guanidine groups is 1. The Hall–Kier alpha value is -1.14. The van der Waals surface area contributed by atoms with Gasteiger partial charge in [0.1, 0.15) is 0 Å². The zero-order valence-electron chi connectivity index (χ0n) is 16.1. The highest BCUT2D eigenvalue weighted by Crippen LogP contribution is 2.16. The largest absolute Gasteiger partial charge is 0.356 e. The van der Waals surface area contributed by atoms with Gasteiger partial charge in [-0.1, -0.05) is 13.8 Å². The summed E-state index contributed by atoms with van der Waals surface area (Å²) in [5.74, 6) is 0.887. The van der Waals surface area contributed by atoms with E-state index in [1.54, 1.807) is 11.3 Å². The summed E-state index contributed by atoms with van der Waals surface area (Å²) >= 11 is 1.79. The summed E-state index contributed by atoms with van der Waals surface area (Å²) in [6.45, 7) is 14.1. The predicted octanol–water partition coefficient (Wildman–Crippen LogP) is 2.98. The van der Waals surface area contributed by atoms with Gasteiger partial charge in [0.2, 0.25) is 0 Å². The topological polar surface area (TPSA) is 52.5 Å². The van der Waals surface area contributed by atoms with Gasteiger partial charge in [0, 0.05) is 31.4 Å². The summed E-state index contributed by atoms with van der Waals surface area (Å²) in [7, 11) is 1.83. The molecule has 0 unspecified atom stereocenters. The van der Waals surface area contributed by atoms with Gasteiger partial charge in [0.25, 0.3) is 0 Å². The molecule has 2 N–H and O–H groups in total. The first-order valence-electron chi connectivity index (χ1n) is 9.20. The fourth-order valence-electron chi connectivity index (χ4n) is 2.63. The number of thiazole rings is 1. The maximum Gasteiger partial charge on any atom is 0.190 e. The van der Waals surface area contributed by atoms with Crippen molar-refractivity contribution in [2.75, 3.05) is 39.8 Å². The molecule has 0 radical (unpaired) electrons. The van der Waals surface area contributed by atoms with Crippen LogP contribution in [0.2, 0.25) is 0 Å². The average Bonchev–Trinajstić information content (AvgIpc) is 2.88. The summed E-state index contributed by atoms with van der Waals surface area (Å²) < 4.78 is 0. The Balaban J connectivity index is 2.20. The molecule has 1 aromatic heterocycles. The van der Waals surface area contributed by atoms with Crippen molar-refractivity contribution >= 4 is 17.3 Å². The lowest BCUT2D eigenvalue weighted by molar-refractivity contribution is 0.271. The van der Waals surface area contributed by atoms with Crippen molar-refractivity contribution in [1.29, 1.82) is 0 Å². The molecule has 0 atom stereocenters. The molecular formula is C18H35N5S. The zero-order chi connectivity index (χ0) is 17.8. The molecule has 6 heteroatoms. The van der Waals surface area contributed by atoms with Gasteiger partial charge in [0.05, 0.1) is 10.7 Å². The van der Waals surface area contributed by atoms with E-state index in [4.69, 9.17) is 0 Å². The van der Waals surface area contributed by atoms with Gasteiger partial charge >= 0.3 is 0 Å². The predicted molar refractivity (Wildman–Crippen MR) is 106 cm³/mol. The number of hydrogen-bond acceptors (Lipinski definition) is 4. The van der Waals surface area contributed by atoms with Crippen LogP contribution in [0.4, 0.5) is 0 Å². The monoisotopic (exact) mass is 353 g/mol. The third-order valence-electron chi connectivity index (χ3n) is 3.95. The number of rotatable bonds is 11. The first-order chi connectivity index (χ1) is 11.6. The SMILES string of the molecule is CCCN(CCC)CCCNC(=NC)NCCc1nc(C)c(C)s1. The Labute approximate surface area is 152 Å². The highest BCUT2D eigenvalue weighted by molar-refractivity contribution is 7.11. The van der Waals surface area contributed by atoms with Crippen LogP contribution in [0.1, 0.15) is 48.7 Å². The van der Waals surface area contributed by atoms with Crippen LogP contribution < -0.4 is 10.6 Å². The molecule has 0 fully saturated rings. The molecule has 0 saturated carbocycles. The van der Waals surface area contributed by atoms with E-state index in [1.165, 1.54) is 35.8 Å². The van der Waals surface area contributed by atoms with Crippen LogP contribution in [0.3, 0.4) is 0 Å². The molecular weight excluding hydrogens is 318 g/mol. The van der Waals surface area contributed by atoms with Gasteiger partial charge in [-0.05, 0) is 52.7 Å². The number of nitrogens with one attached hydrogen (secondary N) is 2. The average molecular weight is 354 g/mol. The summed E-state index contributed by atoms with van der Waals surface area (Å²) in [6.07, 6.45) is 4.55. The minimum absolute atomic E-state index is 0.865. The van der Waals surface area contributed by atoms with E-state index >= 15 is 0 Å². The zero-order valence-corrected chi connectivity index (χ0v) is 16.9. The van der Waals surface area contributed by atoms with Crippen molar-refractivity contribution in [1.82, 2.24) is 20.5 Å². The van der Waals surface area contributed by atoms with Gasteiger partial charge in [-0.2, -0.15) is 0 Å². The smallest absolute Gasteiger partial charge is 0.190 e. The van der Waals surface area contributed by atoms with Gasteiger partial charge in [-0.3, -0.25) is 4.99 Å². The fraction of sp³-hybridized carbons (Fsp3) is 0.778. The van der Waals surface area contributed by atoms with E-state index in [2.05, 4.69) is 53.2 Å². The van der Waals surface area contributed by atoms with Gasteiger partial charge in [-0.15, -0.1) is 11.3 Å². The maximum atomic E-state index is 4.58. The van der Waals surface area contributed by atoms with E-state index in [0.29, 0.717) is 0 Å². The lowest BCUT2D eigenvalue weighted by atomic mass is 10.3. The Bertz CT molecular complexity index is 458. The Morgan fingerprint density at radius 1 is 1.08 bits per heavy atom. The third kappa shape index (κ3) is 8.11. The van der Waals surface area contributed by atoms with E-state index in [9.17, 15) is 0 Å². The van der Waals surface area contributed by atoms with Gasteiger partial charge in [0.15, 0.2) is 5.96 Å². The second-order valence-electron chi connectivity index (χ2n) is 6.12. The fourth-order valence-corrected chi connectivity index (χ4v) is 3.57. The molecule has 0 saturated heterocycles. The molecule has 1 heterocycles. The van der Waals surface area contributed by atoms with Crippen molar-refractivity contribution in [3.05, 3.63) is 15.6 Å². The van der Waals surface area contributed by atoms with Crippen LogP contribution in [0, 0.1) is 13.8 Å². The Morgan fingerprint density at radius 3 is 2.29 bits per heavy atom. The molecule has 0 aliphatic rings. The molecule has 0 aliphatic carbocycles. The first kappa shape index (κ1) is 20.9. The molecule has 0 aromatic carbocycles. The summed E-state index contributed by atoms with van der Waals surface area (Å²) in [5, 5.41) is 7.98. The molecule has 0 amide bonds. The highest BCUT2D eigenvalue weighted by atomic mass is 32.1. The second-order valence-corrected chi connectivity index (χ2v) is 7.41. The van der Waals surface area contributed by atoms with Crippen molar-refractivity contribution in [2.45, 2.75) is 53.4 Å². The van der Waals surface area contributed by atoms with Crippen molar-refractivity contribution in [3.63, 3.8) is 0 Å². The highest BCUT2D eigenvalue weighted by Gasteiger charge is 2.05. The van der Waals surface area contributed by atoms with Crippen molar-refractivity contribution in [3.8, 4) is 0 Å². The van der Waals surface area contributed by atoms with Crippen molar-refractivity contribution in [2.24, 2.45) is 4.99 Å². The van der Waals surface area contributed by atoms with Crippen LogP contribution in [0.5, 0.6) is 0 Å². The first-order valence-corrected chi connectivity index (χ1v) is 10.0. The number of aryl methyl sites for hydroxylation is 2. The quantitative estimate of drug-likeness (QED) is 0.365. The van der Waals surface area contributed by atoms with Crippen LogP contribution in [-0.4, -0.2) is 55.6 Å². The molecule has 0 spiro atoms. The van der Waals surface area contributed by atoms with Crippen LogP contribution in [0.25, 0.3) is 0 Å². The third-order valence-corrected chi connectivity index (χ3v) is 5.08. The van der Waals surface area contributed by atoms with Crippen LogP contribution in [-0.2, 0) is 6.42 Å². The molecule has 1 aromatic rings. The normalized spacial score (nSPS) is 12.0. The Morgan fingerprint density at radius 2 is 1.75 bits per heavy atom. The molecule has 1 rings (SSSR count). The molecule has 0 bridgehead atoms. The van der Waals surface area contributed by atoms with E-state index < -0.39 is 0 Å². The minimum atomic E-state index is 0.865. The number of aliphatic imine (C=N–C) groups is 1. The molecule has 0 aliphatic heterocycles. The lowest BCUT2D eigenvalue weighted by Gasteiger charge is -2.21. The summed E-state index contributed by atoms with van der Waals surface area (Å²) in [5.41, 5.74) is 1.15. The number of aromatic nitrogens is 1. The van der Waals surface area contributed by atoms with Gasteiger partial charge < -0.3 is 15.5 Å². The summed E-state index contributed by atoms with van der Waals surface area (Å²) in [6, 6.07) is 0. The number of nitrogens with zero attached hydrogens (tertiary/aromatic N) is 3. The molecule has 5 nitrogen and oxygen atoms in total. The standard InChI is InChI=1S/C18H35N5S/c1-6-12-23(13-7-2)14-8-10-20-18(19-5)21-11-9-17-22-15(3)16(4)24-17/h6-14H2,1-5H3,(H2,19,20,21). The van der Waals surface area contributed by atoms with E-state index in [-0.39, 0.29) is 0 Å². The second kappa shape index (κ2) is 12.3. The van der Waals surface area contributed by atoms with Crippen LogP contribution >= 0.6 is 11.3 Å². The van der Waals surface area contributed by atoms with Crippen LogP contribution in [0.15, 0.2) is 4.99 Å². The molecule has 24 heavy (non-hydrogen) atoms.